The summed E-state index contributed by atoms with van der Waals surface area (Å²) in [5.74, 6) is 6.51. The van der Waals surface area contributed by atoms with E-state index in [2.05, 4.69) is 66.9 Å². The predicted molar refractivity (Wildman–Crippen MR) is 298 cm³/mol. The summed E-state index contributed by atoms with van der Waals surface area (Å²) < 4.78 is 70.0. The molecule has 0 aliphatic carbocycles. The number of aliphatic hydroxyl groups is 1. The monoisotopic (exact) mass is 1210 g/mol. The Morgan fingerprint density at radius 2 is 1.71 bits per heavy atom. The number of phosphoric acid groups is 3. The zero-order valence-corrected chi connectivity index (χ0v) is 47.5. The van der Waals surface area contributed by atoms with Gasteiger partial charge in [0.05, 0.1) is 41.6 Å². The number of nitrogens with one attached hydrogen (secondary N) is 1. The number of amides is 1. The molecule has 1 amide bonds. The number of nitro benzene ring substituents is 1. The van der Waals surface area contributed by atoms with Crippen molar-refractivity contribution in [2.24, 2.45) is 0 Å². The Kier molecular flexibility index (Phi) is 15.2. The Morgan fingerprint density at radius 3 is 2.49 bits per heavy atom. The van der Waals surface area contributed by atoms with Crippen molar-refractivity contribution >= 4 is 69.7 Å². The van der Waals surface area contributed by atoms with Gasteiger partial charge in [0.2, 0.25) is 17.2 Å². The minimum Gasteiger partial charge on any atom is -0.468 e. The van der Waals surface area contributed by atoms with Crippen LogP contribution in [0.1, 0.15) is 117 Å². The Labute approximate surface area is 477 Å². The molecule has 0 saturated carbocycles. The minimum atomic E-state index is -5.80. The molecule has 1 fully saturated rings. The number of aliphatic hydroxyl groups excluding tert-OH is 1. The molecule has 3 unspecified atom stereocenters. The summed E-state index contributed by atoms with van der Waals surface area (Å²) in [6, 6.07) is 13.8. The summed E-state index contributed by atoms with van der Waals surface area (Å²) >= 11 is 0. The quantitative estimate of drug-likeness (QED) is 0.0175. The van der Waals surface area contributed by atoms with Crippen LogP contribution in [0.15, 0.2) is 54.9 Å². The summed E-state index contributed by atoms with van der Waals surface area (Å²) in [6.45, 7) is 4.46. The van der Waals surface area contributed by atoms with Gasteiger partial charge in [0, 0.05) is 88.3 Å². The first-order valence-electron chi connectivity index (χ1n) is 27.0. The molecular formula is C54H55N9O18P3+. The first-order valence-corrected chi connectivity index (χ1v) is 31.5. The number of hydrogen-bond donors (Lipinski definition) is 7. The van der Waals surface area contributed by atoms with Crippen molar-refractivity contribution in [1.82, 2.24) is 29.4 Å². The molecule has 6 atom stereocenters. The molecule has 6 aromatic rings. The van der Waals surface area contributed by atoms with E-state index < -0.39 is 65.4 Å². The van der Waals surface area contributed by atoms with Crippen LogP contribution in [0.5, 0.6) is 17.4 Å². The van der Waals surface area contributed by atoms with Crippen molar-refractivity contribution < 1.29 is 80.2 Å². The molecular weight excluding hydrogens is 1160 g/mol. The average Bonchev–Trinajstić information content (AvgIpc) is 1.22. The first-order chi connectivity index (χ1) is 40.1. The smallest absolute Gasteiger partial charge is 0.468 e. The molecule has 438 valence electrons. The summed E-state index contributed by atoms with van der Waals surface area (Å²) in [5.41, 5.74) is 15.5. The number of phosphoric ester groups is 1. The Balaban J connectivity index is 0.760. The van der Waals surface area contributed by atoms with Crippen LogP contribution in [-0.4, -0.2) is 113 Å². The van der Waals surface area contributed by atoms with Crippen LogP contribution >= 0.6 is 23.5 Å². The number of anilines is 2. The average molecular weight is 1210 g/mol. The van der Waals surface area contributed by atoms with E-state index in [0.717, 1.165) is 112 Å². The summed E-state index contributed by atoms with van der Waals surface area (Å²) in [6.07, 6.45) is 4.65. The Morgan fingerprint density at radius 1 is 0.952 bits per heavy atom. The third-order valence-electron chi connectivity index (χ3n) is 15.7. The molecule has 1 saturated heterocycles. The molecule has 0 spiro atoms. The van der Waals surface area contributed by atoms with E-state index in [1.807, 2.05) is 0 Å². The zero-order chi connectivity index (χ0) is 59.0. The van der Waals surface area contributed by atoms with Crippen LogP contribution in [0.2, 0.25) is 0 Å². The predicted octanol–water partition coefficient (Wildman–Crippen LogP) is 4.48. The fourth-order valence-corrected chi connectivity index (χ4v) is 15.3. The zero-order valence-electron chi connectivity index (χ0n) is 44.8. The highest BCUT2D eigenvalue weighted by Gasteiger charge is 2.44. The molecule has 84 heavy (non-hydrogen) atoms. The lowest BCUT2D eigenvalue weighted by Crippen LogP contribution is -2.45. The third-order valence-corrected chi connectivity index (χ3v) is 19.5. The maximum absolute atomic E-state index is 14.1. The van der Waals surface area contributed by atoms with E-state index in [1.54, 1.807) is 24.3 Å². The van der Waals surface area contributed by atoms with Crippen molar-refractivity contribution in [1.29, 1.82) is 0 Å². The summed E-state index contributed by atoms with van der Waals surface area (Å²) in [7, 11) is -17.0. The molecule has 0 bridgehead atoms. The summed E-state index contributed by atoms with van der Waals surface area (Å²) in [5, 5.41) is 28.3. The fraction of sp³-hybridized carbons (Fsp3) is 0.370. The van der Waals surface area contributed by atoms with Crippen LogP contribution in [0.3, 0.4) is 0 Å². The van der Waals surface area contributed by atoms with Crippen LogP contribution in [0.25, 0.3) is 16.7 Å². The van der Waals surface area contributed by atoms with E-state index >= 15 is 0 Å². The van der Waals surface area contributed by atoms with E-state index in [9.17, 15) is 48.3 Å². The maximum atomic E-state index is 14.1. The normalized spacial score (nSPS) is 20.4. The highest BCUT2D eigenvalue weighted by atomic mass is 31.3. The Hall–Kier alpha value is -7.27. The van der Waals surface area contributed by atoms with Gasteiger partial charge in [0.25, 0.3) is 11.6 Å². The van der Waals surface area contributed by atoms with Gasteiger partial charge in [-0.05, 0) is 93.0 Å². The van der Waals surface area contributed by atoms with Crippen molar-refractivity contribution in [2.45, 2.75) is 89.3 Å². The number of nitrogen functional groups attached to an aromatic ring is 1. The van der Waals surface area contributed by atoms with Crippen molar-refractivity contribution in [3.8, 4) is 29.2 Å². The third kappa shape index (κ3) is 11.2. The van der Waals surface area contributed by atoms with Gasteiger partial charge in [-0.25, -0.2) is 23.3 Å². The minimum absolute atomic E-state index is 0.0187. The lowest BCUT2D eigenvalue weighted by Gasteiger charge is -2.39. The van der Waals surface area contributed by atoms with Crippen molar-refractivity contribution in [3.05, 3.63) is 131 Å². The van der Waals surface area contributed by atoms with Gasteiger partial charge in [0.15, 0.2) is 17.5 Å². The number of imidazole rings is 1. The number of carbonyl (C=O) groups is 2. The molecule has 8 heterocycles. The number of nitrogens with zero attached hydrogens (tertiary/aromatic N) is 7. The molecule has 6 aliphatic rings. The largest absolute Gasteiger partial charge is 0.490 e. The van der Waals surface area contributed by atoms with E-state index in [0.29, 0.717) is 16.7 Å². The van der Waals surface area contributed by atoms with Gasteiger partial charge in [-0.15, -0.1) is 0 Å². The number of fused-ring (bicyclic) bond motifs is 5. The maximum Gasteiger partial charge on any atom is 0.490 e. The Bertz CT molecular complexity index is 4140. The van der Waals surface area contributed by atoms with E-state index in [-0.39, 0.29) is 52.8 Å². The van der Waals surface area contributed by atoms with Crippen LogP contribution in [-0.2, 0) is 57.3 Å². The number of hydrogen-bond acceptors (Lipinski definition) is 19. The molecule has 27 nitrogen and oxygen atoms in total. The number of aryl methyl sites for hydroxylation is 2. The highest BCUT2D eigenvalue weighted by molar-refractivity contribution is 7.66. The van der Waals surface area contributed by atoms with Crippen LogP contribution < -0.4 is 40.6 Å². The number of aromatic nitrogens is 4. The highest BCUT2D eigenvalue weighted by Crippen LogP contribution is 2.66. The first kappa shape index (κ1) is 57.2. The van der Waals surface area contributed by atoms with Gasteiger partial charge in [-0.1, -0.05) is 17.9 Å². The number of aldehydes is 1. The number of benzene rings is 4. The van der Waals surface area contributed by atoms with Gasteiger partial charge >= 0.3 is 23.5 Å². The number of rotatable bonds is 16. The van der Waals surface area contributed by atoms with Gasteiger partial charge in [-0.2, -0.15) is 18.6 Å². The van der Waals surface area contributed by atoms with E-state index in [4.69, 9.17) is 29.7 Å². The van der Waals surface area contributed by atoms with Crippen molar-refractivity contribution in [3.63, 3.8) is 0 Å². The number of carbonyl (C=O) groups excluding carboxylic acids is 2. The lowest BCUT2D eigenvalue weighted by atomic mass is 9.81. The molecule has 2 aromatic heterocycles. The van der Waals surface area contributed by atoms with Crippen LogP contribution in [0.4, 0.5) is 17.3 Å². The molecule has 8 N–H and O–H groups in total. The number of ether oxygens (including phenoxy) is 3. The lowest BCUT2D eigenvalue weighted by molar-refractivity contribution is -0.386. The molecule has 6 aliphatic heterocycles. The number of nitro groups is 1. The fourth-order valence-electron chi connectivity index (χ4n) is 12.3. The molecule has 30 heteroatoms. The summed E-state index contributed by atoms with van der Waals surface area (Å²) in [4.78, 5) is 91.1. The van der Waals surface area contributed by atoms with Crippen molar-refractivity contribution in [2.75, 3.05) is 50.0 Å². The second-order valence-corrected chi connectivity index (χ2v) is 25.5. The van der Waals surface area contributed by atoms with Gasteiger partial charge < -0.3 is 54.8 Å². The van der Waals surface area contributed by atoms with Gasteiger partial charge in [-0.3, -0.25) is 28.8 Å². The number of nitrogens with two attached hydrogens (primary N) is 1. The topological polar surface area (TPSA) is 373 Å². The second-order valence-electron chi connectivity index (χ2n) is 21.1. The second kappa shape index (κ2) is 22.3. The van der Waals surface area contributed by atoms with E-state index in [1.165, 1.54) is 63.2 Å². The molecule has 0 radical (unpaired) electrons. The molecule has 4 aromatic carbocycles. The van der Waals surface area contributed by atoms with Crippen LogP contribution in [0, 0.1) is 22.0 Å². The standard InChI is InChI=1S/C54H54N9O18P3/c1-29(77-53-46-51(58-54(55)59-53)62(28-57-46)44-25-42(65)43(78-44)27-76-83(72,73)81-84(74,75)80-82(69,70)71)35-15-12-30(21-41(35)63(67)68)7-2-16-56-52(66)33-13-14-34(26-64)38(24-33)45-39-22-31-8-3-17-60-19-5-10-36(47(31)60)49(39)79-50-37-11-6-20-61-18-4-9-32(48(37)61)23-40(45)50/h12-15,21-24,26,28-29,42-44,65H,3-6,8-11,16-20,25,27H2,1H3,(H6-,55,56,58,59,66,69,70,71,72,73,74,75)/p+1/t29?,42-,43-,44-/m1/s1. The SMILES string of the molecule is CC(Oc1nc(N)nc2c1ncn2[C@H]1C[C@@H](O)[C@@H](COP(=O)(O)OP(=O)(O)OP(=O)(O)O)O1)c1ccc(C#CCNC(=O)c2ccc(C=O)c(C3=c4cc5c6c(c4Oc4c3cc3c7c4CCCN7CCC3)CCC[N+]=6CCC5)c2)cc1[N+](=O)[O-]. The van der Waals surface area contributed by atoms with Gasteiger partial charge in [0.1, 0.15) is 43.0 Å². The molecule has 12 rings (SSSR count).